The molecule has 0 aromatic heterocycles. The minimum Gasteiger partial charge on any atom is -0.336 e. The smallest absolute Gasteiger partial charge is 0.315 e. The number of carbonyl (C=O) groups excluding carboxylic acids is 1. The van der Waals surface area contributed by atoms with Crippen molar-refractivity contribution in [1.29, 1.82) is 0 Å². The van der Waals surface area contributed by atoms with E-state index in [0.29, 0.717) is 6.54 Å². The predicted octanol–water partition coefficient (Wildman–Crippen LogP) is 1.62. The van der Waals surface area contributed by atoms with Gasteiger partial charge in [-0.3, -0.25) is 0 Å². The SMILES string of the molecule is CCC(C)(C)NC(=O)NCC1(C)CCCN1. The lowest BCUT2D eigenvalue weighted by molar-refractivity contribution is 0.225. The van der Waals surface area contributed by atoms with Gasteiger partial charge in [-0.15, -0.1) is 0 Å². The van der Waals surface area contributed by atoms with Gasteiger partial charge in [-0.25, -0.2) is 4.79 Å². The number of amides is 2. The van der Waals surface area contributed by atoms with E-state index in [-0.39, 0.29) is 17.1 Å². The molecule has 1 atom stereocenters. The number of nitrogens with one attached hydrogen (secondary N) is 3. The number of hydrogen-bond donors (Lipinski definition) is 3. The third-order valence-electron chi connectivity index (χ3n) is 3.43. The first-order chi connectivity index (χ1) is 7.37. The molecule has 0 bridgehead atoms. The van der Waals surface area contributed by atoms with E-state index in [0.717, 1.165) is 19.4 Å². The van der Waals surface area contributed by atoms with Crippen LogP contribution in [0.25, 0.3) is 0 Å². The van der Waals surface area contributed by atoms with Crippen molar-refractivity contribution in [2.24, 2.45) is 0 Å². The molecule has 94 valence electrons. The van der Waals surface area contributed by atoms with Crippen molar-refractivity contribution in [1.82, 2.24) is 16.0 Å². The highest BCUT2D eigenvalue weighted by molar-refractivity contribution is 5.74. The molecule has 1 fully saturated rings. The first kappa shape index (κ1) is 13.3. The van der Waals surface area contributed by atoms with Gasteiger partial charge in [0.05, 0.1) is 0 Å². The maximum atomic E-state index is 11.7. The molecule has 4 heteroatoms. The minimum absolute atomic E-state index is 0.0678. The number of urea groups is 1. The highest BCUT2D eigenvalue weighted by atomic mass is 16.2. The van der Waals surface area contributed by atoms with E-state index in [9.17, 15) is 4.79 Å². The summed E-state index contributed by atoms with van der Waals surface area (Å²) in [5.41, 5.74) is -0.0538. The van der Waals surface area contributed by atoms with E-state index >= 15 is 0 Å². The number of hydrogen-bond acceptors (Lipinski definition) is 2. The summed E-state index contributed by atoms with van der Waals surface area (Å²) in [6, 6.07) is -0.0678. The highest BCUT2D eigenvalue weighted by Crippen LogP contribution is 2.17. The molecule has 1 saturated heterocycles. The molecule has 16 heavy (non-hydrogen) atoms. The number of carbonyl (C=O) groups is 1. The molecule has 2 amide bonds. The summed E-state index contributed by atoms with van der Waals surface area (Å²) in [5.74, 6) is 0. The van der Waals surface area contributed by atoms with Crippen LogP contribution in [0.1, 0.15) is 47.0 Å². The second kappa shape index (κ2) is 5.04. The molecule has 1 heterocycles. The Morgan fingerprint density at radius 2 is 2.19 bits per heavy atom. The van der Waals surface area contributed by atoms with Crippen LogP contribution >= 0.6 is 0 Å². The van der Waals surface area contributed by atoms with Crippen molar-refractivity contribution in [2.75, 3.05) is 13.1 Å². The molecular formula is C12H25N3O. The third-order valence-corrected chi connectivity index (χ3v) is 3.43. The van der Waals surface area contributed by atoms with Crippen molar-refractivity contribution in [2.45, 2.75) is 58.0 Å². The lowest BCUT2D eigenvalue weighted by Crippen LogP contribution is -2.53. The zero-order chi connectivity index (χ0) is 12.2. The first-order valence-corrected chi connectivity index (χ1v) is 6.18. The fourth-order valence-corrected chi connectivity index (χ4v) is 1.82. The fourth-order valence-electron chi connectivity index (χ4n) is 1.82. The van der Waals surface area contributed by atoms with E-state index in [1.54, 1.807) is 0 Å². The summed E-state index contributed by atoms with van der Waals surface area (Å²) in [6.45, 7) is 10.0. The standard InChI is InChI=1S/C12H25N3O/c1-5-11(2,3)15-10(16)13-9-12(4)7-6-8-14-12/h14H,5-9H2,1-4H3,(H2,13,15,16). The summed E-state index contributed by atoms with van der Waals surface area (Å²) < 4.78 is 0. The van der Waals surface area contributed by atoms with Crippen LogP contribution in [0.4, 0.5) is 4.79 Å². The molecule has 1 aliphatic heterocycles. The van der Waals surface area contributed by atoms with Gasteiger partial charge >= 0.3 is 6.03 Å². The molecule has 0 saturated carbocycles. The normalized spacial score (nSPS) is 25.5. The molecule has 0 aromatic rings. The van der Waals surface area contributed by atoms with Crippen LogP contribution in [0, 0.1) is 0 Å². The second-order valence-electron chi connectivity index (χ2n) is 5.64. The zero-order valence-electron chi connectivity index (χ0n) is 10.9. The van der Waals surface area contributed by atoms with Crippen LogP contribution in [0.2, 0.25) is 0 Å². The molecular weight excluding hydrogens is 202 g/mol. The van der Waals surface area contributed by atoms with Crippen LogP contribution in [0.15, 0.2) is 0 Å². The van der Waals surface area contributed by atoms with E-state index in [4.69, 9.17) is 0 Å². The summed E-state index contributed by atoms with van der Waals surface area (Å²) in [6.07, 6.45) is 3.25. The quantitative estimate of drug-likeness (QED) is 0.683. The topological polar surface area (TPSA) is 53.2 Å². The highest BCUT2D eigenvalue weighted by Gasteiger charge is 2.28. The Labute approximate surface area is 98.6 Å². The van der Waals surface area contributed by atoms with Gasteiger partial charge in [0.2, 0.25) is 0 Å². The van der Waals surface area contributed by atoms with Crippen LogP contribution < -0.4 is 16.0 Å². The molecule has 0 aliphatic carbocycles. The molecule has 1 unspecified atom stereocenters. The van der Waals surface area contributed by atoms with Gasteiger partial charge in [0.15, 0.2) is 0 Å². The zero-order valence-corrected chi connectivity index (χ0v) is 10.9. The lowest BCUT2D eigenvalue weighted by atomic mass is 10.0. The van der Waals surface area contributed by atoms with Gasteiger partial charge < -0.3 is 16.0 Å². The maximum Gasteiger partial charge on any atom is 0.315 e. The third kappa shape index (κ3) is 4.00. The van der Waals surface area contributed by atoms with Crippen LogP contribution in [-0.4, -0.2) is 30.2 Å². The van der Waals surface area contributed by atoms with Gasteiger partial charge in [0.1, 0.15) is 0 Å². The Balaban J connectivity index is 2.30. The molecule has 4 nitrogen and oxygen atoms in total. The molecule has 1 aliphatic rings. The van der Waals surface area contributed by atoms with Crippen molar-refractivity contribution in [3.8, 4) is 0 Å². The Kier molecular flexibility index (Phi) is 4.19. The molecule has 3 N–H and O–H groups in total. The van der Waals surface area contributed by atoms with Gasteiger partial charge in [0.25, 0.3) is 0 Å². The van der Waals surface area contributed by atoms with Gasteiger partial charge in [-0.1, -0.05) is 6.92 Å². The average Bonchev–Trinajstić information content (AvgIpc) is 2.63. The summed E-state index contributed by atoms with van der Waals surface area (Å²) in [4.78, 5) is 11.7. The monoisotopic (exact) mass is 227 g/mol. The maximum absolute atomic E-state index is 11.7. The van der Waals surface area contributed by atoms with Gasteiger partial charge in [-0.2, -0.15) is 0 Å². The molecule has 0 spiro atoms. The molecule has 0 aromatic carbocycles. The Bertz CT molecular complexity index is 245. The van der Waals surface area contributed by atoms with Crippen molar-refractivity contribution in [3.05, 3.63) is 0 Å². The fraction of sp³-hybridized carbons (Fsp3) is 0.917. The van der Waals surface area contributed by atoms with Crippen LogP contribution in [0.3, 0.4) is 0 Å². The van der Waals surface area contributed by atoms with Gasteiger partial charge in [-0.05, 0) is 46.6 Å². The largest absolute Gasteiger partial charge is 0.336 e. The summed E-state index contributed by atoms with van der Waals surface area (Å²) in [7, 11) is 0. The molecule has 0 radical (unpaired) electrons. The second-order valence-corrected chi connectivity index (χ2v) is 5.64. The molecule has 1 rings (SSSR count). The first-order valence-electron chi connectivity index (χ1n) is 6.18. The lowest BCUT2D eigenvalue weighted by Gasteiger charge is -2.28. The van der Waals surface area contributed by atoms with E-state index in [1.807, 2.05) is 13.8 Å². The minimum atomic E-state index is -0.131. The van der Waals surface area contributed by atoms with E-state index < -0.39 is 0 Å². The van der Waals surface area contributed by atoms with Crippen LogP contribution in [-0.2, 0) is 0 Å². The number of rotatable bonds is 4. The van der Waals surface area contributed by atoms with E-state index in [2.05, 4.69) is 29.8 Å². The Hall–Kier alpha value is -0.770. The van der Waals surface area contributed by atoms with Crippen molar-refractivity contribution >= 4 is 6.03 Å². The van der Waals surface area contributed by atoms with Crippen molar-refractivity contribution in [3.63, 3.8) is 0 Å². The predicted molar refractivity (Wildman–Crippen MR) is 66.5 cm³/mol. The Morgan fingerprint density at radius 3 is 2.69 bits per heavy atom. The summed E-state index contributed by atoms with van der Waals surface area (Å²) >= 11 is 0. The van der Waals surface area contributed by atoms with Gasteiger partial charge in [0, 0.05) is 17.6 Å². The van der Waals surface area contributed by atoms with Crippen molar-refractivity contribution < 1.29 is 4.79 Å². The average molecular weight is 227 g/mol. The van der Waals surface area contributed by atoms with Crippen LogP contribution in [0.5, 0.6) is 0 Å². The summed E-state index contributed by atoms with van der Waals surface area (Å²) in [5, 5.41) is 9.33. The Morgan fingerprint density at radius 1 is 1.50 bits per heavy atom. The van der Waals surface area contributed by atoms with E-state index in [1.165, 1.54) is 6.42 Å².